The summed E-state index contributed by atoms with van der Waals surface area (Å²) < 4.78 is 61.5. The van der Waals surface area contributed by atoms with Gasteiger partial charge in [-0.05, 0) is 148 Å². The van der Waals surface area contributed by atoms with E-state index in [2.05, 4.69) is 338 Å². The SMILES string of the molecule is CC(C)[C@H](C)/C=C\C(O[Si](C)(C)C(C)(C)C)[C@H]1OC(C)(C)O[C@H]1CCI.Cc1cc(C)c(C(=O)OCC[Si](C)(C)C)c(/C=C/C[C@@H]2OC(C)(C)O[C@@H]2C(/C=C\[C@@H](C)[C@H](C)O[Si](c2ccccc2)(c2ccccc2)C(C)(C)C)O[Si](C)(C)C(C)(C)C)c1.Cc1cc(C)c(C(=O)OCC[Si](C)(C)C)c(C[Se]c2ccccc2)c1. The van der Waals surface area contributed by atoms with Crippen LogP contribution < -0.4 is 14.8 Å². The van der Waals surface area contributed by atoms with Crippen LogP contribution in [0.3, 0.4) is 0 Å². The molecule has 0 bridgehead atoms. The molecule has 0 saturated carbocycles. The van der Waals surface area contributed by atoms with E-state index in [0.717, 1.165) is 61.6 Å². The van der Waals surface area contributed by atoms with Gasteiger partial charge in [-0.15, -0.1) is 0 Å². The van der Waals surface area contributed by atoms with Crippen molar-refractivity contribution in [1.29, 1.82) is 0 Å². The molecule has 111 heavy (non-hydrogen) atoms. The van der Waals surface area contributed by atoms with Crippen molar-refractivity contribution in [1.82, 2.24) is 0 Å². The Morgan fingerprint density at radius 3 is 1.37 bits per heavy atom. The number of alkyl halides is 1. The summed E-state index contributed by atoms with van der Waals surface area (Å²) in [4.78, 5) is 26.2. The maximum atomic E-state index is 13.5. The van der Waals surface area contributed by atoms with Crippen molar-refractivity contribution in [3.63, 3.8) is 0 Å². The van der Waals surface area contributed by atoms with Crippen molar-refractivity contribution in [3.05, 3.63) is 190 Å². The number of esters is 2. The molecular formula is C93H147IO11SeSi5. The van der Waals surface area contributed by atoms with E-state index in [0.29, 0.717) is 52.0 Å². The molecule has 11 nitrogen and oxygen atoms in total. The minimum absolute atomic E-state index is 0.0160. The van der Waals surface area contributed by atoms with Gasteiger partial charge < -0.3 is 37.0 Å². The molecule has 2 fully saturated rings. The van der Waals surface area contributed by atoms with Gasteiger partial charge in [0.2, 0.25) is 0 Å². The van der Waals surface area contributed by atoms with Gasteiger partial charge in [0.25, 0.3) is 8.32 Å². The molecule has 9 atom stereocenters. The number of ether oxygens (including phenoxy) is 6. The molecule has 0 amide bonds. The van der Waals surface area contributed by atoms with Crippen molar-refractivity contribution in [3.8, 4) is 0 Å². The van der Waals surface area contributed by atoms with Gasteiger partial charge in [-0.25, -0.2) is 4.79 Å². The van der Waals surface area contributed by atoms with E-state index in [-0.39, 0.29) is 75.7 Å². The number of hydrogen-bond acceptors (Lipinski definition) is 11. The first kappa shape index (κ1) is 97.9. The van der Waals surface area contributed by atoms with Gasteiger partial charge >= 0.3 is 165 Å². The summed E-state index contributed by atoms with van der Waals surface area (Å²) in [6.45, 7) is 72.0. The third-order valence-electron chi connectivity index (χ3n) is 22.2. The second-order valence-electron chi connectivity index (χ2n) is 39.0. The summed E-state index contributed by atoms with van der Waals surface area (Å²) in [5.41, 5.74) is 7.63. The molecule has 2 aliphatic heterocycles. The predicted molar refractivity (Wildman–Crippen MR) is 493 cm³/mol. The topological polar surface area (TPSA) is 117 Å². The average molecular weight is 1790 g/mol. The monoisotopic (exact) mass is 1790 g/mol. The Labute approximate surface area is 700 Å². The maximum absolute atomic E-state index is 13.5. The van der Waals surface area contributed by atoms with Crippen LogP contribution in [0.5, 0.6) is 0 Å². The van der Waals surface area contributed by atoms with Crippen LogP contribution in [0.25, 0.3) is 6.08 Å². The summed E-state index contributed by atoms with van der Waals surface area (Å²) in [6, 6.07) is 42.5. The van der Waals surface area contributed by atoms with Crippen LogP contribution in [0, 0.1) is 45.4 Å². The molecule has 2 aliphatic rings. The minimum atomic E-state index is -2.76. The Hall–Kier alpha value is -3.69. The first-order valence-electron chi connectivity index (χ1n) is 40.8. The second-order valence-corrected chi connectivity index (χ2v) is 67.2. The van der Waals surface area contributed by atoms with E-state index >= 15 is 0 Å². The molecule has 2 unspecified atom stereocenters. The fraction of sp³-hybridized carbons (Fsp3) is 0.591. The van der Waals surface area contributed by atoms with Crippen molar-refractivity contribution in [2.75, 3.05) is 17.6 Å². The standard InChI is InChI=1S/C51H78O6Si3.C21H41IO3Si.C21H28O2SeSi/c1-37-35-39(3)46(48(52)53-33-34-58(13,14)15)41(36-37)25-24-30-44-47(55-51(11,12)54-44)45(57-59(16,17)49(5,6)7)32-31-38(2)40(4)56-60(50(8,9)10,42-26-20-18-21-27-42)43-28-22-19-23-29-43;1-15(2)16(3)11-12-18(25-26(9,10)20(4,5)6)19-17(13-14-22)23-21(7,8)24-19;1-16-13-17(2)20(21(22)23-11-12-25(3,4)5)18(14-16)15-24-19-9-7-6-8-10-19/h18-29,31-32,35-36,38,40,44-45,47H,30,33-34H2,1-17H3;11-12,15-19H,13-14H2,1-10H3;6-10,13-14H,11-12,15H2,1-5H3/b25-24+,32-31-;12-11-;/t38-,40+,44+,45?,47+;16-,17+,18?,19+;/m11./s1. The molecule has 0 radical (unpaired) electrons. The van der Waals surface area contributed by atoms with E-state index in [1.54, 1.807) is 0 Å². The molecule has 7 rings (SSSR count). The van der Waals surface area contributed by atoms with Crippen LogP contribution in [0.1, 0.15) is 192 Å². The van der Waals surface area contributed by atoms with Crippen molar-refractivity contribution in [2.45, 2.75) is 317 Å². The van der Waals surface area contributed by atoms with E-state index in [1.165, 1.54) is 20.4 Å². The number of carbonyl (C=O) groups excluding carboxylic acids is 2. The molecule has 0 spiro atoms. The van der Waals surface area contributed by atoms with Crippen LogP contribution in [0.4, 0.5) is 0 Å². The molecule has 0 N–H and O–H groups in total. The van der Waals surface area contributed by atoms with Gasteiger partial charge in [-0.2, -0.15) is 0 Å². The molecule has 2 heterocycles. The van der Waals surface area contributed by atoms with E-state index in [9.17, 15) is 9.59 Å². The predicted octanol–water partition coefficient (Wildman–Crippen LogP) is 23.2. The number of hydrogen-bond donors (Lipinski definition) is 0. The summed E-state index contributed by atoms with van der Waals surface area (Å²) in [5, 5.41) is 3.47. The summed E-state index contributed by atoms with van der Waals surface area (Å²) >= 11 is 2.73. The Bertz CT molecular complexity index is 3770. The molecular weight excluding hydrogens is 1640 g/mol. The van der Waals surface area contributed by atoms with Crippen LogP contribution in [0.2, 0.25) is 92.7 Å². The van der Waals surface area contributed by atoms with E-state index in [4.69, 9.17) is 41.7 Å². The first-order valence-corrected chi connectivity index (χ1v) is 59.6. The normalized spacial score (nSPS) is 19.3. The van der Waals surface area contributed by atoms with Crippen molar-refractivity contribution < 1.29 is 51.3 Å². The van der Waals surface area contributed by atoms with Crippen LogP contribution in [-0.4, -0.2) is 140 Å². The van der Waals surface area contributed by atoms with E-state index < -0.39 is 52.7 Å². The summed E-state index contributed by atoms with van der Waals surface area (Å²) in [5.74, 6) is -0.578. The fourth-order valence-corrected chi connectivity index (χ4v) is 24.4. The van der Waals surface area contributed by atoms with Gasteiger partial charge in [0.1, 0.15) is 12.2 Å². The molecule has 5 aromatic carbocycles. The molecule has 0 aromatic heterocycles. The van der Waals surface area contributed by atoms with Gasteiger partial charge in [0.05, 0.1) is 36.6 Å². The van der Waals surface area contributed by atoms with Gasteiger partial charge in [0.15, 0.2) is 28.2 Å². The molecule has 2 saturated heterocycles. The number of aryl methyl sites for hydroxylation is 4. The van der Waals surface area contributed by atoms with Gasteiger partial charge in [-0.3, -0.25) is 0 Å². The molecule has 618 valence electrons. The zero-order valence-corrected chi connectivity index (χ0v) is 83.5. The number of benzene rings is 5. The fourth-order valence-electron chi connectivity index (χ4n) is 13.2. The Balaban J connectivity index is 0.000000353. The Kier molecular flexibility index (Phi) is 36.7. The number of rotatable bonds is 32. The quantitative estimate of drug-likeness (QED) is 0.0135. The van der Waals surface area contributed by atoms with Crippen LogP contribution in [-0.2, 0) is 47.0 Å². The molecule has 5 aromatic rings. The van der Waals surface area contributed by atoms with Crippen LogP contribution >= 0.6 is 22.6 Å². The van der Waals surface area contributed by atoms with Crippen LogP contribution in [0.15, 0.2) is 146 Å². The Morgan fingerprint density at radius 2 is 0.937 bits per heavy atom. The zero-order chi connectivity index (χ0) is 83.7. The van der Waals surface area contributed by atoms with Crippen molar-refractivity contribution >= 4 is 111 Å². The molecule has 18 heteroatoms. The summed E-state index contributed by atoms with van der Waals surface area (Å²) in [7, 11) is -9.51. The Morgan fingerprint density at radius 1 is 0.523 bits per heavy atom. The third kappa shape index (κ3) is 30.0. The number of allylic oxidation sites excluding steroid dienone is 1. The molecule has 0 aliphatic carbocycles. The van der Waals surface area contributed by atoms with Gasteiger partial charge in [0, 0.05) is 18.6 Å². The van der Waals surface area contributed by atoms with Crippen molar-refractivity contribution in [2.24, 2.45) is 17.8 Å². The van der Waals surface area contributed by atoms with E-state index in [1.807, 2.05) is 53.7 Å². The zero-order valence-electron chi connectivity index (χ0n) is 74.6. The number of carbonyl (C=O) groups is 2. The number of halogens is 1. The van der Waals surface area contributed by atoms with Gasteiger partial charge in [-0.1, -0.05) is 247 Å². The average Bonchev–Trinajstić information content (AvgIpc) is 1.73. The second kappa shape index (κ2) is 41.6. The third-order valence-corrected chi connectivity index (χ3v) is 42.5. The summed E-state index contributed by atoms with van der Waals surface area (Å²) in [6.07, 6.45) is 13.7. The first-order chi connectivity index (χ1) is 51.1.